The molecule has 3 nitrogen and oxygen atoms in total. The lowest BCUT2D eigenvalue weighted by atomic mass is 10.2. The van der Waals surface area contributed by atoms with Crippen LogP contribution in [0.25, 0.3) is 0 Å². The van der Waals surface area contributed by atoms with Gasteiger partial charge in [-0.25, -0.2) is 0 Å². The van der Waals surface area contributed by atoms with Gasteiger partial charge in [-0.2, -0.15) is 0 Å². The molecule has 0 atom stereocenters. The molecule has 1 aromatic carbocycles. The van der Waals surface area contributed by atoms with E-state index in [9.17, 15) is 0 Å². The molecule has 20 heavy (non-hydrogen) atoms. The minimum Gasteiger partial charge on any atom is -0.458 e. The quantitative estimate of drug-likeness (QED) is 0.609. The van der Waals surface area contributed by atoms with Gasteiger partial charge in [0.2, 0.25) is 0 Å². The van der Waals surface area contributed by atoms with Gasteiger partial charge in [0.1, 0.15) is 11.5 Å². The SMILES string of the molecule is C=C(C)/C=C\C(=C/C)Oc1ccc(N(C)CCO)cc1. The lowest BCUT2D eigenvalue weighted by Crippen LogP contribution is -2.20. The van der Waals surface area contributed by atoms with E-state index in [2.05, 4.69) is 6.58 Å². The summed E-state index contributed by atoms with van der Waals surface area (Å²) in [6.45, 7) is 8.45. The summed E-state index contributed by atoms with van der Waals surface area (Å²) in [6, 6.07) is 7.78. The number of benzene rings is 1. The second-order valence-corrected chi connectivity index (χ2v) is 4.61. The molecule has 0 radical (unpaired) electrons. The summed E-state index contributed by atoms with van der Waals surface area (Å²) in [5.74, 6) is 1.56. The zero-order valence-electron chi connectivity index (χ0n) is 12.5. The molecule has 0 amide bonds. The van der Waals surface area contributed by atoms with Crippen molar-refractivity contribution in [3.8, 4) is 5.75 Å². The van der Waals surface area contributed by atoms with Crippen LogP contribution in [0, 0.1) is 0 Å². The normalized spacial score (nSPS) is 11.7. The fraction of sp³-hybridized carbons (Fsp3) is 0.294. The number of aliphatic hydroxyl groups is 1. The summed E-state index contributed by atoms with van der Waals surface area (Å²) >= 11 is 0. The van der Waals surface area contributed by atoms with E-state index in [0.29, 0.717) is 6.54 Å². The highest BCUT2D eigenvalue weighted by atomic mass is 16.5. The Labute approximate surface area is 121 Å². The maximum absolute atomic E-state index is 8.92. The molecule has 108 valence electrons. The molecule has 0 saturated heterocycles. The first-order valence-electron chi connectivity index (χ1n) is 6.66. The van der Waals surface area contributed by atoms with Gasteiger partial charge < -0.3 is 14.7 Å². The van der Waals surface area contributed by atoms with Crippen LogP contribution in [0.4, 0.5) is 5.69 Å². The third-order valence-electron chi connectivity index (χ3n) is 2.77. The maximum Gasteiger partial charge on any atom is 0.127 e. The Morgan fingerprint density at radius 3 is 2.45 bits per heavy atom. The van der Waals surface area contributed by atoms with E-state index >= 15 is 0 Å². The summed E-state index contributed by atoms with van der Waals surface area (Å²) in [4.78, 5) is 1.99. The van der Waals surface area contributed by atoms with Gasteiger partial charge in [-0.3, -0.25) is 0 Å². The van der Waals surface area contributed by atoms with Crippen molar-refractivity contribution in [2.24, 2.45) is 0 Å². The Kier molecular flexibility index (Phi) is 6.60. The van der Waals surface area contributed by atoms with E-state index in [1.807, 2.05) is 68.3 Å². The first kappa shape index (κ1) is 16.1. The molecule has 0 aliphatic rings. The summed E-state index contributed by atoms with van der Waals surface area (Å²) in [5, 5.41) is 8.92. The van der Waals surface area contributed by atoms with Gasteiger partial charge in [-0.15, -0.1) is 0 Å². The number of nitrogens with zero attached hydrogens (tertiary/aromatic N) is 1. The highest BCUT2D eigenvalue weighted by molar-refractivity contribution is 5.48. The number of allylic oxidation sites excluding steroid dienone is 4. The van der Waals surface area contributed by atoms with Crippen molar-refractivity contribution < 1.29 is 9.84 Å². The van der Waals surface area contributed by atoms with Gasteiger partial charge in [0, 0.05) is 19.3 Å². The Morgan fingerprint density at radius 2 is 1.95 bits per heavy atom. The Bertz CT molecular complexity index is 486. The third kappa shape index (κ3) is 5.33. The van der Waals surface area contributed by atoms with E-state index in [1.165, 1.54) is 0 Å². The molecule has 0 aliphatic carbocycles. The van der Waals surface area contributed by atoms with Crippen LogP contribution in [0.15, 0.2) is 60.4 Å². The molecule has 0 aromatic heterocycles. The average Bonchev–Trinajstić information content (AvgIpc) is 2.44. The first-order valence-corrected chi connectivity index (χ1v) is 6.66. The number of anilines is 1. The van der Waals surface area contributed by atoms with Crippen molar-refractivity contribution >= 4 is 5.69 Å². The highest BCUT2D eigenvalue weighted by Crippen LogP contribution is 2.20. The lowest BCUT2D eigenvalue weighted by Gasteiger charge is -2.18. The second kappa shape index (κ2) is 8.23. The molecular weight excluding hydrogens is 250 g/mol. The van der Waals surface area contributed by atoms with Crippen molar-refractivity contribution in [2.75, 3.05) is 25.1 Å². The standard InChI is InChI=1S/C17H23NO2/c1-5-16(9-6-14(2)3)20-17-10-7-15(8-11-17)18(4)12-13-19/h5-11,19H,2,12-13H2,1,3-4H3/b9-6-,16-5+. The van der Waals surface area contributed by atoms with E-state index in [0.717, 1.165) is 22.8 Å². The zero-order chi connectivity index (χ0) is 15.0. The molecule has 0 heterocycles. The van der Waals surface area contributed by atoms with Crippen molar-refractivity contribution in [2.45, 2.75) is 13.8 Å². The number of hydrogen-bond donors (Lipinski definition) is 1. The number of likely N-dealkylation sites (N-methyl/N-ethyl adjacent to an activating group) is 1. The minimum atomic E-state index is 0.142. The van der Waals surface area contributed by atoms with Gasteiger partial charge in [0.05, 0.1) is 6.61 Å². The number of hydrogen-bond acceptors (Lipinski definition) is 3. The van der Waals surface area contributed by atoms with Crippen molar-refractivity contribution in [1.29, 1.82) is 0 Å². The fourth-order valence-corrected chi connectivity index (χ4v) is 1.60. The van der Waals surface area contributed by atoms with Crippen molar-refractivity contribution in [3.05, 3.63) is 60.4 Å². The van der Waals surface area contributed by atoms with E-state index in [4.69, 9.17) is 9.84 Å². The molecular formula is C17H23NO2. The van der Waals surface area contributed by atoms with Crippen LogP contribution >= 0.6 is 0 Å². The van der Waals surface area contributed by atoms with Crippen LogP contribution in [-0.4, -0.2) is 25.3 Å². The van der Waals surface area contributed by atoms with Crippen molar-refractivity contribution in [3.63, 3.8) is 0 Å². The summed E-state index contributed by atoms with van der Waals surface area (Å²) in [6.07, 6.45) is 5.72. The molecule has 1 N–H and O–H groups in total. The first-order chi connectivity index (χ1) is 9.56. The summed E-state index contributed by atoms with van der Waals surface area (Å²) < 4.78 is 5.77. The second-order valence-electron chi connectivity index (χ2n) is 4.61. The molecule has 0 bridgehead atoms. The molecule has 0 aliphatic heterocycles. The molecule has 3 heteroatoms. The van der Waals surface area contributed by atoms with Gasteiger partial charge >= 0.3 is 0 Å². The summed E-state index contributed by atoms with van der Waals surface area (Å²) in [7, 11) is 1.94. The highest BCUT2D eigenvalue weighted by Gasteiger charge is 2.01. The van der Waals surface area contributed by atoms with Gasteiger partial charge in [0.15, 0.2) is 0 Å². The van der Waals surface area contributed by atoms with Crippen LogP contribution in [0.1, 0.15) is 13.8 Å². The number of aliphatic hydroxyl groups excluding tert-OH is 1. The van der Waals surface area contributed by atoms with E-state index in [1.54, 1.807) is 0 Å². The zero-order valence-corrected chi connectivity index (χ0v) is 12.5. The van der Waals surface area contributed by atoms with Crippen LogP contribution in [0.2, 0.25) is 0 Å². The van der Waals surface area contributed by atoms with Crippen LogP contribution < -0.4 is 9.64 Å². The number of ether oxygens (including phenoxy) is 1. The average molecular weight is 273 g/mol. The van der Waals surface area contributed by atoms with Crippen LogP contribution in [0.3, 0.4) is 0 Å². The number of rotatable bonds is 7. The summed E-state index contributed by atoms with van der Waals surface area (Å²) in [5.41, 5.74) is 2.03. The molecule has 0 fully saturated rings. The Balaban J connectivity index is 2.71. The van der Waals surface area contributed by atoms with Gasteiger partial charge in [-0.1, -0.05) is 18.2 Å². The maximum atomic E-state index is 8.92. The van der Waals surface area contributed by atoms with Crippen molar-refractivity contribution in [1.82, 2.24) is 0 Å². The molecule has 0 saturated carbocycles. The molecule has 1 aromatic rings. The predicted molar refractivity (Wildman–Crippen MR) is 85.1 cm³/mol. The Morgan fingerprint density at radius 1 is 1.30 bits per heavy atom. The minimum absolute atomic E-state index is 0.142. The molecule has 1 rings (SSSR count). The topological polar surface area (TPSA) is 32.7 Å². The Hall–Kier alpha value is -2.00. The van der Waals surface area contributed by atoms with E-state index < -0.39 is 0 Å². The third-order valence-corrected chi connectivity index (χ3v) is 2.77. The van der Waals surface area contributed by atoms with Gasteiger partial charge in [0.25, 0.3) is 0 Å². The van der Waals surface area contributed by atoms with E-state index in [-0.39, 0.29) is 6.61 Å². The lowest BCUT2D eigenvalue weighted by molar-refractivity contribution is 0.304. The molecule has 0 unspecified atom stereocenters. The van der Waals surface area contributed by atoms with Crippen LogP contribution in [0.5, 0.6) is 5.75 Å². The van der Waals surface area contributed by atoms with Gasteiger partial charge in [-0.05, 0) is 50.3 Å². The smallest absolute Gasteiger partial charge is 0.127 e. The predicted octanol–water partition coefficient (Wildman–Crippen LogP) is 3.53. The van der Waals surface area contributed by atoms with Crippen LogP contribution in [-0.2, 0) is 0 Å². The molecule has 0 spiro atoms. The fourth-order valence-electron chi connectivity index (χ4n) is 1.60. The monoisotopic (exact) mass is 273 g/mol. The largest absolute Gasteiger partial charge is 0.458 e.